The van der Waals surface area contributed by atoms with Crippen molar-refractivity contribution in [1.29, 1.82) is 0 Å². The summed E-state index contributed by atoms with van der Waals surface area (Å²) in [5.41, 5.74) is 1.82. The Morgan fingerprint density at radius 3 is 2.28 bits per heavy atom. The number of hydrogen-bond donors (Lipinski definition) is 1. The molecule has 0 aliphatic carbocycles. The number of carbonyl (C=O) groups excluding carboxylic acids is 1. The third kappa shape index (κ3) is 3.95. The zero-order chi connectivity index (χ0) is 17.9. The summed E-state index contributed by atoms with van der Waals surface area (Å²) in [5, 5.41) is 2.74. The minimum atomic E-state index is -3.85. The van der Waals surface area contributed by atoms with E-state index in [-0.39, 0.29) is 17.8 Å². The fraction of sp³-hybridized carbons (Fsp3) is 0.111. The Labute approximate surface area is 146 Å². The van der Waals surface area contributed by atoms with E-state index in [2.05, 4.69) is 9.71 Å². The van der Waals surface area contributed by atoms with E-state index < -0.39 is 16.1 Å². The van der Waals surface area contributed by atoms with Crippen LogP contribution in [0.4, 0.5) is 5.69 Å². The summed E-state index contributed by atoms with van der Waals surface area (Å²) in [6.07, 6.45) is 1.34. The molecule has 0 atom stereocenters. The van der Waals surface area contributed by atoms with Crippen molar-refractivity contribution in [3.63, 3.8) is 0 Å². The highest BCUT2D eigenvalue weighted by Crippen LogP contribution is 2.20. The zero-order valence-corrected chi connectivity index (χ0v) is 14.4. The molecule has 6 nitrogen and oxygen atoms in total. The van der Waals surface area contributed by atoms with E-state index in [1.54, 1.807) is 24.3 Å². The summed E-state index contributed by atoms with van der Waals surface area (Å²) in [7, 11) is -3.85. The van der Waals surface area contributed by atoms with Gasteiger partial charge in [0.1, 0.15) is 0 Å². The van der Waals surface area contributed by atoms with Crippen molar-refractivity contribution in [3.8, 4) is 0 Å². The van der Waals surface area contributed by atoms with E-state index in [0.717, 1.165) is 9.87 Å². The van der Waals surface area contributed by atoms with Crippen LogP contribution in [0.3, 0.4) is 0 Å². The van der Waals surface area contributed by atoms with Gasteiger partial charge in [-0.25, -0.2) is 0 Å². The Morgan fingerprint density at radius 2 is 1.64 bits per heavy atom. The summed E-state index contributed by atoms with van der Waals surface area (Å²) in [6.45, 7) is 1.62. The molecule has 1 heterocycles. The topological polar surface area (TPSA) is 78.8 Å². The molecule has 1 N–H and O–H groups in total. The lowest BCUT2D eigenvalue weighted by molar-refractivity contribution is -0.112. The Bertz CT molecular complexity index is 936. The van der Waals surface area contributed by atoms with Crippen LogP contribution in [0.15, 0.2) is 76.8 Å². The van der Waals surface area contributed by atoms with Crippen LogP contribution in [0.25, 0.3) is 0 Å². The second kappa shape index (κ2) is 6.90. The van der Waals surface area contributed by atoms with Gasteiger partial charge in [0.25, 0.3) is 5.91 Å². The van der Waals surface area contributed by atoms with Crippen LogP contribution in [0.2, 0.25) is 0 Å². The molecule has 0 radical (unpaired) electrons. The van der Waals surface area contributed by atoms with Gasteiger partial charge in [0.15, 0.2) is 0 Å². The number of hydrogen-bond acceptors (Lipinski definition) is 3. The second-order valence-corrected chi connectivity index (χ2v) is 7.10. The zero-order valence-electron chi connectivity index (χ0n) is 13.6. The first-order valence-corrected chi connectivity index (χ1v) is 9.06. The van der Waals surface area contributed by atoms with Gasteiger partial charge in [-0.3, -0.25) is 9.10 Å². The molecule has 0 aromatic heterocycles. The van der Waals surface area contributed by atoms with Crippen molar-refractivity contribution in [3.05, 3.63) is 78.0 Å². The van der Waals surface area contributed by atoms with Crippen LogP contribution >= 0.6 is 0 Å². The summed E-state index contributed by atoms with van der Waals surface area (Å²) in [5.74, 6) is -0.402. The number of nitrogens with one attached hydrogen (secondary N) is 1. The monoisotopic (exact) mass is 355 g/mol. The lowest BCUT2D eigenvalue weighted by Crippen LogP contribution is -2.32. The fourth-order valence-corrected chi connectivity index (χ4v) is 3.51. The molecule has 0 fully saturated rings. The standard InChI is InChI=1S/C18H17N3O3S/c1-14-17(18(22)19-16-10-6-3-7-11-16)13-21(25(23,24)20-14)12-15-8-4-2-5-9-15/h2-11,13H,12H2,1H3,(H,19,22). The number of nitrogens with zero attached hydrogens (tertiary/aromatic N) is 2. The molecule has 3 rings (SSSR count). The van der Waals surface area contributed by atoms with Gasteiger partial charge in [0, 0.05) is 11.9 Å². The number of rotatable bonds is 4. The molecule has 0 unspecified atom stereocenters. The lowest BCUT2D eigenvalue weighted by atomic mass is 10.1. The predicted octanol–water partition coefficient (Wildman–Crippen LogP) is 2.73. The van der Waals surface area contributed by atoms with Crippen LogP contribution < -0.4 is 5.32 Å². The van der Waals surface area contributed by atoms with Crippen LogP contribution in [0, 0.1) is 0 Å². The average Bonchev–Trinajstić information content (AvgIpc) is 2.58. The smallest absolute Gasteiger partial charge is 0.322 e. The van der Waals surface area contributed by atoms with E-state index in [1.807, 2.05) is 36.4 Å². The van der Waals surface area contributed by atoms with Gasteiger partial charge in [0.2, 0.25) is 0 Å². The number of benzene rings is 2. The average molecular weight is 355 g/mol. The molecular formula is C18H17N3O3S. The van der Waals surface area contributed by atoms with E-state index in [4.69, 9.17) is 0 Å². The molecule has 1 aliphatic heterocycles. The summed E-state index contributed by atoms with van der Waals surface area (Å²) >= 11 is 0. The number of anilines is 1. The fourth-order valence-electron chi connectivity index (χ4n) is 2.41. The SMILES string of the molecule is CC1=NS(=O)(=O)N(Cc2ccccc2)C=C1C(=O)Nc1ccccc1. The van der Waals surface area contributed by atoms with Crippen LogP contribution in [-0.4, -0.2) is 24.3 Å². The first-order valence-electron chi connectivity index (χ1n) is 7.66. The van der Waals surface area contributed by atoms with Gasteiger partial charge >= 0.3 is 10.2 Å². The molecule has 2 aromatic rings. The molecular weight excluding hydrogens is 338 g/mol. The summed E-state index contributed by atoms with van der Waals surface area (Å²) in [6, 6.07) is 18.1. The van der Waals surface area contributed by atoms with Crippen molar-refractivity contribution in [1.82, 2.24) is 4.31 Å². The molecule has 2 aromatic carbocycles. The van der Waals surface area contributed by atoms with Gasteiger partial charge < -0.3 is 5.32 Å². The highest BCUT2D eigenvalue weighted by atomic mass is 32.2. The molecule has 128 valence electrons. The largest absolute Gasteiger partial charge is 0.344 e. The maximum Gasteiger partial charge on any atom is 0.344 e. The minimum absolute atomic E-state index is 0.113. The van der Waals surface area contributed by atoms with Crippen molar-refractivity contribution in [2.75, 3.05) is 5.32 Å². The molecule has 7 heteroatoms. The highest BCUT2D eigenvalue weighted by Gasteiger charge is 2.28. The van der Waals surface area contributed by atoms with E-state index >= 15 is 0 Å². The molecule has 0 spiro atoms. The van der Waals surface area contributed by atoms with Gasteiger partial charge in [-0.1, -0.05) is 48.5 Å². The summed E-state index contributed by atoms with van der Waals surface area (Å²) < 4.78 is 29.4. The van der Waals surface area contributed by atoms with Crippen molar-refractivity contribution < 1.29 is 13.2 Å². The normalized spacial score (nSPS) is 16.0. The van der Waals surface area contributed by atoms with Gasteiger partial charge in [-0.05, 0) is 24.6 Å². The Balaban J connectivity index is 1.87. The van der Waals surface area contributed by atoms with Crippen molar-refractivity contribution in [2.45, 2.75) is 13.5 Å². The molecule has 0 saturated carbocycles. The van der Waals surface area contributed by atoms with Crippen molar-refractivity contribution >= 4 is 27.5 Å². The van der Waals surface area contributed by atoms with Crippen LogP contribution in [0.5, 0.6) is 0 Å². The van der Waals surface area contributed by atoms with Gasteiger partial charge in [-0.15, -0.1) is 4.40 Å². The quantitative estimate of drug-likeness (QED) is 0.916. The molecule has 1 amide bonds. The first-order chi connectivity index (χ1) is 12.0. The Hall–Kier alpha value is -2.93. The maximum absolute atomic E-state index is 12.5. The molecule has 0 bridgehead atoms. The van der Waals surface area contributed by atoms with Crippen LogP contribution in [-0.2, 0) is 21.5 Å². The van der Waals surface area contributed by atoms with Gasteiger partial charge in [0.05, 0.1) is 17.8 Å². The second-order valence-electron chi connectivity index (χ2n) is 5.55. The van der Waals surface area contributed by atoms with Crippen LogP contribution in [0.1, 0.15) is 12.5 Å². The molecule has 0 saturated heterocycles. The first kappa shape index (κ1) is 16.9. The predicted molar refractivity (Wildman–Crippen MR) is 97.2 cm³/mol. The van der Waals surface area contributed by atoms with Gasteiger partial charge in [-0.2, -0.15) is 8.42 Å². The summed E-state index contributed by atoms with van der Waals surface area (Å²) in [4.78, 5) is 12.5. The number of para-hydroxylation sites is 1. The number of carbonyl (C=O) groups is 1. The van der Waals surface area contributed by atoms with E-state index in [0.29, 0.717) is 5.69 Å². The lowest BCUT2D eigenvalue weighted by Gasteiger charge is -2.23. The molecule has 25 heavy (non-hydrogen) atoms. The third-order valence-electron chi connectivity index (χ3n) is 3.67. The third-order valence-corrected chi connectivity index (χ3v) is 5.00. The van der Waals surface area contributed by atoms with Crippen molar-refractivity contribution in [2.24, 2.45) is 4.40 Å². The molecule has 1 aliphatic rings. The number of amides is 1. The minimum Gasteiger partial charge on any atom is -0.322 e. The highest BCUT2D eigenvalue weighted by molar-refractivity contribution is 7.88. The Morgan fingerprint density at radius 1 is 1.04 bits per heavy atom. The van der Waals surface area contributed by atoms with E-state index in [9.17, 15) is 13.2 Å². The Kier molecular flexibility index (Phi) is 4.67. The van der Waals surface area contributed by atoms with E-state index in [1.165, 1.54) is 13.1 Å². The maximum atomic E-state index is 12.5.